The zero-order valence-electron chi connectivity index (χ0n) is 17.1. The van der Waals surface area contributed by atoms with Crippen molar-refractivity contribution in [1.29, 1.82) is 0 Å². The fourth-order valence-electron chi connectivity index (χ4n) is 4.45. The van der Waals surface area contributed by atoms with E-state index < -0.39 is 29.7 Å². The van der Waals surface area contributed by atoms with E-state index >= 15 is 0 Å². The lowest BCUT2D eigenvalue weighted by Crippen LogP contribution is -2.68. The molecular weight excluding hydrogens is 406 g/mol. The van der Waals surface area contributed by atoms with Crippen molar-refractivity contribution in [2.75, 3.05) is 21.2 Å². The standard InChI is InChI=1S/C24H21N5O3/c25-21(30)20-16-26-24(28(20)18-12-6-2-7-13-18)22(31)27(17-10-4-1-5-11-17)23(32)29(24)19-14-8-3-9-15-19/h1-15,20,26H,16H2,(H2,25,30). The molecule has 0 saturated carbocycles. The number of amides is 4. The number of rotatable bonds is 4. The number of urea groups is 1. The summed E-state index contributed by atoms with van der Waals surface area (Å²) in [5.41, 5.74) is 7.29. The van der Waals surface area contributed by atoms with Gasteiger partial charge in [-0.3, -0.25) is 14.9 Å². The fraction of sp³-hybridized carbons (Fsp3) is 0.125. The van der Waals surface area contributed by atoms with Crippen molar-refractivity contribution in [3.8, 4) is 0 Å². The van der Waals surface area contributed by atoms with Crippen LogP contribution in [0, 0.1) is 0 Å². The second-order valence-electron chi connectivity index (χ2n) is 7.61. The van der Waals surface area contributed by atoms with Gasteiger partial charge in [0, 0.05) is 17.9 Å². The molecule has 0 bridgehead atoms. The average molecular weight is 427 g/mol. The van der Waals surface area contributed by atoms with Crippen molar-refractivity contribution in [3.05, 3.63) is 91.0 Å². The van der Waals surface area contributed by atoms with Gasteiger partial charge in [-0.25, -0.2) is 14.6 Å². The van der Waals surface area contributed by atoms with E-state index in [1.165, 1.54) is 4.90 Å². The van der Waals surface area contributed by atoms with E-state index in [-0.39, 0.29) is 6.54 Å². The highest BCUT2D eigenvalue weighted by Gasteiger charge is 2.67. The molecule has 1 spiro atoms. The molecule has 4 amide bonds. The molecule has 8 heteroatoms. The maximum atomic E-state index is 14.1. The van der Waals surface area contributed by atoms with E-state index in [1.54, 1.807) is 65.6 Å². The molecule has 0 aromatic heterocycles. The highest BCUT2D eigenvalue weighted by molar-refractivity contribution is 6.31. The summed E-state index contributed by atoms with van der Waals surface area (Å²) in [5, 5.41) is 3.18. The quantitative estimate of drug-likeness (QED) is 0.623. The fourth-order valence-corrected chi connectivity index (χ4v) is 4.45. The summed E-state index contributed by atoms with van der Waals surface area (Å²) in [5.74, 6) is -2.76. The van der Waals surface area contributed by atoms with Gasteiger partial charge >= 0.3 is 6.03 Å². The molecule has 32 heavy (non-hydrogen) atoms. The van der Waals surface area contributed by atoms with E-state index in [9.17, 15) is 14.4 Å². The van der Waals surface area contributed by atoms with Gasteiger partial charge in [0.05, 0.1) is 5.69 Å². The van der Waals surface area contributed by atoms with Crippen molar-refractivity contribution >= 4 is 34.9 Å². The normalized spacial score (nSPS) is 22.8. The summed E-state index contributed by atoms with van der Waals surface area (Å²) in [6, 6.07) is 25.3. The number of hydrogen-bond acceptors (Lipinski definition) is 5. The number of benzene rings is 3. The lowest BCUT2D eigenvalue weighted by atomic mass is 10.1. The summed E-state index contributed by atoms with van der Waals surface area (Å²) >= 11 is 0. The Morgan fingerprint density at radius 1 is 0.812 bits per heavy atom. The third-order valence-corrected chi connectivity index (χ3v) is 5.80. The first-order valence-electron chi connectivity index (χ1n) is 10.2. The van der Waals surface area contributed by atoms with Gasteiger partial charge in [0.2, 0.25) is 5.91 Å². The molecule has 160 valence electrons. The minimum absolute atomic E-state index is 0.106. The van der Waals surface area contributed by atoms with Gasteiger partial charge in [-0.05, 0) is 36.4 Å². The molecule has 0 aliphatic carbocycles. The van der Waals surface area contributed by atoms with E-state index in [1.807, 2.05) is 30.3 Å². The molecule has 2 fully saturated rings. The van der Waals surface area contributed by atoms with Crippen molar-refractivity contribution < 1.29 is 14.4 Å². The van der Waals surface area contributed by atoms with E-state index in [4.69, 9.17) is 5.73 Å². The van der Waals surface area contributed by atoms with E-state index in [0.717, 1.165) is 4.90 Å². The Bertz CT molecular complexity index is 1170. The molecule has 3 aromatic rings. The molecule has 2 aliphatic rings. The Labute approximate surface area is 184 Å². The monoisotopic (exact) mass is 427 g/mol. The van der Waals surface area contributed by atoms with Crippen LogP contribution in [-0.4, -0.2) is 36.2 Å². The second kappa shape index (κ2) is 7.51. The largest absolute Gasteiger partial charge is 0.368 e. The average Bonchev–Trinajstić information content (AvgIpc) is 3.32. The van der Waals surface area contributed by atoms with Crippen LogP contribution < -0.4 is 25.8 Å². The summed E-state index contributed by atoms with van der Waals surface area (Å²) in [6.07, 6.45) is 0. The van der Waals surface area contributed by atoms with Gasteiger partial charge < -0.3 is 10.6 Å². The predicted molar refractivity (Wildman–Crippen MR) is 121 cm³/mol. The molecule has 2 aliphatic heterocycles. The zero-order valence-corrected chi connectivity index (χ0v) is 17.1. The SMILES string of the molecule is NC(=O)C1CNC2(C(=O)N(c3ccccc3)C(=O)N2c2ccccc2)N1c1ccccc1. The highest BCUT2D eigenvalue weighted by atomic mass is 16.2. The molecular formula is C24H21N5O3. The summed E-state index contributed by atoms with van der Waals surface area (Å²) in [6.45, 7) is 0.106. The van der Waals surface area contributed by atoms with Gasteiger partial charge in [-0.2, -0.15) is 0 Å². The first-order valence-corrected chi connectivity index (χ1v) is 10.2. The number of para-hydroxylation sites is 3. The Morgan fingerprint density at radius 2 is 1.31 bits per heavy atom. The Morgan fingerprint density at radius 3 is 1.84 bits per heavy atom. The Hall–Kier alpha value is -4.17. The molecule has 0 radical (unpaired) electrons. The third-order valence-electron chi connectivity index (χ3n) is 5.80. The van der Waals surface area contributed by atoms with Crippen LogP contribution in [0.15, 0.2) is 91.0 Å². The molecule has 2 heterocycles. The van der Waals surface area contributed by atoms with Gasteiger partial charge in [0.25, 0.3) is 11.7 Å². The van der Waals surface area contributed by atoms with Crippen molar-refractivity contribution in [2.24, 2.45) is 5.73 Å². The smallest absolute Gasteiger partial charge is 0.339 e. The molecule has 2 saturated heterocycles. The van der Waals surface area contributed by atoms with Crippen LogP contribution in [0.1, 0.15) is 0 Å². The Balaban J connectivity index is 1.75. The molecule has 2 atom stereocenters. The Kier molecular flexibility index (Phi) is 4.64. The molecule has 3 N–H and O–H groups in total. The number of nitrogens with two attached hydrogens (primary N) is 1. The zero-order chi connectivity index (χ0) is 22.3. The van der Waals surface area contributed by atoms with E-state index in [2.05, 4.69) is 5.32 Å². The lowest BCUT2D eigenvalue weighted by molar-refractivity contribution is -0.122. The number of carbonyl (C=O) groups is 3. The van der Waals surface area contributed by atoms with Gasteiger partial charge in [-0.1, -0.05) is 54.6 Å². The molecule has 2 unspecified atom stereocenters. The van der Waals surface area contributed by atoms with Crippen LogP contribution in [0.5, 0.6) is 0 Å². The first-order chi connectivity index (χ1) is 15.6. The number of carbonyl (C=O) groups excluding carboxylic acids is 3. The first kappa shape index (κ1) is 19.8. The lowest BCUT2D eigenvalue weighted by Gasteiger charge is -2.41. The van der Waals surface area contributed by atoms with E-state index in [0.29, 0.717) is 17.1 Å². The predicted octanol–water partition coefficient (Wildman–Crippen LogP) is 2.28. The van der Waals surface area contributed by atoms with Crippen molar-refractivity contribution in [1.82, 2.24) is 5.32 Å². The summed E-state index contributed by atoms with van der Waals surface area (Å²) in [7, 11) is 0. The number of imide groups is 1. The summed E-state index contributed by atoms with van der Waals surface area (Å²) < 4.78 is 0. The number of nitrogens with zero attached hydrogens (tertiary/aromatic N) is 3. The van der Waals surface area contributed by atoms with Gasteiger partial charge in [0.15, 0.2) is 0 Å². The number of nitrogens with one attached hydrogen (secondary N) is 1. The topological polar surface area (TPSA) is 99.0 Å². The molecule has 3 aromatic carbocycles. The third kappa shape index (κ3) is 2.77. The van der Waals surface area contributed by atoms with Crippen LogP contribution in [0.2, 0.25) is 0 Å². The number of hydrogen-bond donors (Lipinski definition) is 2. The summed E-state index contributed by atoms with van der Waals surface area (Å²) in [4.78, 5) is 44.4. The number of primary amides is 1. The minimum Gasteiger partial charge on any atom is -0.368 e. The number of anilines is 3. The second-order valence-corrected chi connectivity index (χ2v) is 7.61. The van der Waals surface area contributed by atoms with Crippen LogP contribution in [0.3, 0.4) is 0 Å². The van der Waals surface area contributed by atoms with Crippen LogP contribution in [0.25, 0.3) is 0 Å². The molecule has 5 rings (SSSR count). The van der Waals surface area contributed by atoms with Crippen LogP contribution in [0.4, 0.5) is 21.9 Å². The maximum absolute atomic E-state index is 14.1. The van der Waals surface area contributed by atoms with Crippen LogP contribution in [-0.2, 0) is 9.59 Å². The maximum Gasteiger partial charge on any atom is 0.339 e. The minimum atomic E-state index is -1.66. The van der Waals surface area contributed by atoms with Crippen molar-refractivity contribution in [3.63, 3.8) is 0 Å². The molecule has 8 nitrogen and oxygen atoms in total. The van der Waals surface area contributed by atoms with Crippen molar-refractivity contribution in [2.45, 2.75) is 11.8 Å². The van der Waals surface area contributed by atoms with Gasteiger partial charge in [0.1, 0.15) is 6.04 Å². The van der Waals surface area contributed by atoms with Crippen LogP contribution >= 0.6 is 0 Å². The highest BCUT2D eigenvalue weighted by Crippen LogP contribution is 2.42. The van der Waals surface area contributed by atoms with Gasteiger partial charge in [-0.15, -0.1) is 0 Å².